The van der Waals surface area contributed by atoms with E-state index in [2.05, 4.69) is 4.72 Å². The van der Waals surface area contributed by atoms with Crippen LogP contribution in [0.1, 0.15) is 32.1 Å². The van der Waals surface area contributed by atoms with Crippen LogP contribution in [0.4, 0.5) is 0 Å². The molecule has 3 atom stereocenters. The second-order valence-electron chi connectivity index (χ2n) is 3.76. The predicted molar refractivity (Wildman–Crippen MR) is 55.2 cm³/mol. The maximum atomic E-state index is 11.0. The summed E-state index contributed by atoms with van der Waals surface area (Å²) >= 11 is 0. The van der Waals surface area contributed by atoms with Crippen molar-refractivity contribution in [2.45, 2.75) is 38.1 Å². The van der Waals surface area contributed by atoms with Crippen LogP contribution >= 0.6 is 0 Å². The summed E-state index contributed by atoms with van der Waals surface area (Å²) < 4.78 is 13.8. The second-order valence-corrected chi connectivity index (χ2v) is 4.91. The van der Waals surface area contributed by atoms with Crippen molar-refractivity contribution in [3.8, 4) is 0 Å². The molecule has 0 radical (unpaired) electrons. The Bertz CT molecular complexity index is 232. The zero-order valence-corrected chi connectivity index (χ0v) is 9.18. The highest BCUT2D eigenvalue weighted by atomic mass is 32.2. The van der Waals surface area contributed by atoms with Gasteiger partial charge in [-0.05, 0) is 12.8 Å². The first-order chi connectivity index (χ1) is 6.61. The molecule has 1 fully saturated rings. The molecule has 0 aromatic rings. The number of carboxylic acid groups (broad SMARTS) is 1. The molecule has 3 unspecified atom stereocenters. The van der Waals surface area contributed by atoms with Crippen molar-refractivity contribution in [3.63, 3.8) is 0 Å². The summed E-state index contributed by atoms with van der Waals surface area (Å²) in [5.41, 5.74) is 0. The molecule has 0 heterocycles. The van der Waals surface area contributed by atoms with Gasteiger partial charge in [-0.3, -0.25) is 4.79 Å². The fourth-order valence-electron chi connectivity index (χ4n) is 1.96. The van der Waals surface area contributed by atoms with Crippen LogP contribution in [-0.4, -0.2) is 27.6 Å². The van der Waals surface area contributed by atoms with E-state index in [-0.39, 0.29) is 12.0 Å². The predicted octanol–water partition coefficient (Wildman–Crippen LogP) is 0.903. The molecule has 2 N–H and O–H groups in total. The highest BCUT2D eigenvalue weighted by Crippen LogP contribution is 2.23. The minimum atomic E-state index is -1.12. The number of aliphatic carboxylic acids is 1. The van der Waals surface area contributed by atoms with E-state index in [4.69, 9.17) is 5.11 Å². The van der Waals surface area contributed by atoms with Gasteiger partial charge in [-0.15, -0.1) is 0 Å². The third-order valence-corrected chi connectivity index (χ3v) is 3.29. The fraction of sp³-hybridized carbons (Fsp3) is 0.889. The summed E-state index contributed by atoms with van der Waals surface area (Å²) in [6.07, 6.45) is 6.13. The highest BCUT2D eigenvalue weighted by Gasteiger charge is 2.29. The summed E-state index contributed by atoms with van der Waals surface area (Å²) in [6.45, 7) is 0. The fourth-order valence-corrected chi connectivity index (χ4v) is 2.67. The van der Waals surface area contributed by atoms with Crippen LogP contribution in [0.25, 0.3) is 0 Å². The van der Waals surface area contributed by atoms with Crippen LogP contribution in [0.5, 0.6) is 0 Å². The standard InChI is InChI=1S/C9H17NO3S/c1-14(13)10-8-6-4-2-3-5-7(8)9(11)12/h7-8,10H,2-6H2,1H3,(H,11,12). The van der Waals surface area contributed by atoms with Gasteiger partial charge in [0.15, 0.2) is 0 Å². The Morgan fingerprint density at radius 3 is 2.57 bits per heavy atom. The van der Waals surface area contributed by atoms with Gasteiger partial charge >= 0.3 is 5.97 Å². The van der Waals surface area contributed by atoms with Gasteiger partial charge in [-0.1, -0.05) is 19.3 Å². The first kappa shape index (κ1) is 11.7. The third-order valence-electron chi connectivity index (χ3n) is 2.65. The van der Waals surface area contributed by atoms with Crippen molar-refractivity contribution in [1.82, 2.24) is 4.72 Å². The molecular weight excluding hydrogens is 202 g/mol. The monoisotopic (exact) mass is 219 g/mol. The van der Waals surface area contributed by atoms with Gasteiger partial charge < -0.3 is 5.11 Å². The van der Waals surface area contributed by atoms with Gasteiger partial charge in [-0.2, -0.15) is 0 Å². The Hall–Kier alpha value is -0.420. The summed E-state index contributed by atoms with van der Waals surface area (Å²) in [5, 5.41) is 9.01. The van der Waals surface area contributed by atoms with Crippen molar-refractivity contribution in [2.75, 3.05) is 6.26 Å². The van der Waals surface area contributed by atoms with Gasteiger partial charge in [0.1, 0.15) is 0 Å². The third kappa shape index (κ3) is 3.38. The van der Waals surface area contributed by atoms with E-state index >= 15 is 0 Å². The van der Waals surface area contributed by atoms with Crippen molar-refractivity contribution >= 4 is 17.0 Å². The van der Waals surface area contributed by atoms with E-state index in [9.17, 15) is 9.00 Å². The topological polar surface area (TPSA) is 66.4 Å². The smallest absolute Gasteiger partial charge is 0.308 e. The molecule has 0 bridgehead atoms. The number of hydrogen-bond acceptors (Lipinski definition) is 2. The maximum absolute atomic E-state index is 11.0. The normalized spacial score (nSPS) is 30.6. The first-order valence-corrected chi connectivity index (χ1v) is 6.49. The van der Waals surface area contributed by atoms with Crippen LogP contribution < -0.4 is 4.72 Å². The quantitative estimate of drug-likeness (QED) is 0.693. The Balaban J connectivity index is 2.63. The van der Waals surface area contributed by atoms with Gasteiger partial charge in [-0.25, -0.2) is 8.93 Å². The SMILES string of the molecule is CS(=O)NC1CCCCCC1C(=O)O. The maximum Gasteiger partial charge on any atom is 0.308 e. The van der Waals surface area contributed by atoms with Crippen molar-refractivity contribution in [2.24, 2.45) is 5.92 Å². The lowest BCUT2D eigenvalue weighted by atomic mass is 9.96. The molecule has 0 aromatic heterocycles. The zero-order valence-electron chi connectivity index (χ0n) is 8.36. The number of carboxylic acids is 1. The lowest BCUT2D eigenvalue weighted by molar-refractivity contribution is -0.142. The molecule has 1 rings (SSSR count). The minimum Gasteiger partial charge on any atom is -0.481 e. The lowest BCUT2D eigenvalue weighted by Gasteiger charge is -2.21. The van der Waals surface area contributed by atoms with Crippen molar-refractivity contribution < 1.29 is 14.1 Å². The molecule has 5 heteroatoms. The van der Waals surface area contributed by atoms with Gasteiger partial charge in [0.25, 0.3) is 0 Å². The number of nitrogens with one attached hydrogen (secondary N) is 1. The molecule has 4 nitrogen and oxygen atoms in total. The molecule has 0 saturated heterocycles. The Morgan fingerprint density at radius 2 is 2.00 bits per heavy atom. The van der Waals surface area contributed by atoms with Crippen LogP contribution in [0.3, 0.4) is 0 Å². The summed E-state index contributed by atoms with van der Waals surface area (Å²) in [6, 6.07) is -0.124. The largest absolute Gasteiger partial charge is 0.481 e. The average molecular weight is 219 g/mol. The second kappa shape index (κ2) is 5.46. The molecule has 0 aliphatic heterocycles. The zero-order chi connectivity index (χ0) is 10.6. The van der Waals surface area contributed by atoms with Crippen LogP contribution in [0.2, 0.25) is 0 Å². The van der Waals surface area contributed by atoms with Crippen LogP contribution in [0, 0.1) is 5.92 Å². The molecule has 1 saturated carbocycles. The van der Waals surface area contributed by atoms with Crippen molar-refractivity contribution in [3.05, 3.63) is 0 Å². The Labute approximate surface area is 86.7 Å². The van der Waals surface area contributed by atoms with E-state index in [0.29, 0.717) is 6.42 Å². The first-order valence-electron chi connectivity index (χ1n) is 4.93. The highest BCUT2D eigenvalue weighted by molar-refractivity contribution is 7.82. The van der Waals surface area contributed by atoms with E-state index < -0.39 is 17.0 Å². The van der Waals surface area contributed by atoms with E-state index in [0.717, 1.165) is 25.7 Å². The molecule has 1 aliphatic rings. The molecule has 0 amide bonds. The molecular formula is C9H17NO3S. The molecule has 0 spiro atoms. The molecule has 82 valence electrons. The van der Waals surface area contributed by atoms with Crippen molar-refractivity contribution in [1.29, 1.82) is 0 Å². The summed E-state index contributed by atoms with van der Waals surface area (Å²) in [7, 11) is -1.12. The average Bonchev–Trinajstić information content (AvgIpc) is 2.28. The van der Waals surface area contributed by atoms with Gasteiger partial charge in [0.05, 0.1) is 16.9 Å². The van der Waals surface area contributed by atoms with E-state index in [1.54, 1.807) is 6.26 Å². The van der Waals surface area contributed by atoms with Crippen LogP contribution in [0.15, 0.2) is 0 Å². The summed E-state index contributed by atoms with van der Waals surface area (Å²) in [5.74, 6) is -1.14. The minimum absolute atomic E-state index is 0.124. The summed E-state index contributed by atoms with van der Waals surface area (Å²) in [4.78, 5) is 11.0. The van der Waals surface area contributed by atoms with Gasteiger partial charge in [0.2, 0.25) is 0 Å². The molecule has 0 aromatic carbocycles. The Morgan fingerprint density at radius 1 is 1.36 bits per heavy atom. The lowest BCUT2D eigenvalue weighted by Crippen LogP contribution is -2.40. The number of carbonyl (C=O) groups is 1. The van der Waals surface area contributed by atoms with Gasteiger partial charge in [0, 0.05) is 12.3 Å². The Kier molecular flexibility index (Phi) is 4.54. The molecule has 1 aliphatic carbocycles. The van der Waals surface area contributed by atoms with E-state index in [1.165, 1.54) is 0 Å². The van der Waals surface area contributed by atoms with E-state index in [1.807, 2.05) is 0 Å². The number of rotatable bonds is 3. The molecule has 14 heavy (non-hydrogen) atoms. The van der Waals surface area contributed by atoms with Crippen LogP contribution in [-0.2, 0) is 15.8 Å². The number of hydrogen-bond donors (Lipinski definition) is 2.